The quantitative estimate of drug-likeness (QED) is 0.0368. The second-order valence-corrected chi connectivity index (χ2v) is 19.6. The highest BCUT2D eigenvalue weighted by atomic mass is 16.5. The van der Waals surface area contributed by atoms with Crippen LogP contribution in [0.2, 0.25) is 0 Å². The number of ether oxygens (including phenoxy) is 5. The van der Waals surface area contributed by atoms with Crippen LogP contribution >= 0.6 is 0 Å². The molecule has 6 nitrogen and oxygen atoms in total. The van der Waals surface area contributed by atoms with Gasteiger partial charge in [-0.15, -0.1) is 0 Å². The van der Waals surface area contributed by atoms with Crippen LogP contribution in [-0.4, -0.2) is 39.0 Å². The van der Waals surface area contributed by atoms with Gasteiger partial charge in [-0.3, -0.25) is 0 Å². The van der Waals surface area contributed by atoms with Crippen LogP contribution in [0.15, 0.2) is 12.1 Å². The molecular weight excluding hydrogens is 817 g/mol. The van der Waals surface area contributed by atoms with Crippen molar-refractivity contribution in [3.63, 3.8) is 0 Å². The Balaban J connectivity index is 3.27. The van der Waals surface area contributed by atoms with Crippen LogP contribution in [0.1, 0.15) is 303 Å². The Labute approximate surface area is 410 Å². The van der Waals surface area contributed by atoms with Crippen LogP contribution < -0.4 is 18.9 Å². The van der Waals surface area contributed by atoms with Gasteiger partial charge in [-0.1, -0.05) is 266 Å². The minimum atomic E-state index is -0.354. The fraction of sp³-hybridized carbons (Fsp3) is 0.850. The molecule has 0 fully saturated rings. The first-order valence-corrected chi connectivity index (χ1v) is 29.2. The van der Waals surface area contributed by atoms with Gasteiger partial charge in [-0.2, -0.15) is 0 Å². The standard InChI is InChI=1S/C60H110O6/c1-6-11-15-19-23-27-31-35-39-43-50-62-56-54-57(63-51-44-40-36-32-28-24-20-16-12-7-2)60(66-53-46-42-38-34-30-26-22-18-14-9-4)59(55(56)47-48-58(61)64-49-10-5)65-52-45-41-37-33-29-25-21-17-13-8-3/h47-48,54H,6-46,49-53H2,1-5H3. The summed E-state index contributed by atoms with van der Waals surface area (Å²) in [7, 11) is 0. The van der Waals surface area contributed by atoms with Gasteiger partial charge in [0.05, 0.1) is 38.6 Å². The fourth-order valence-electron chi connectivity index (χ4n) is 8.75. The molecule has 0 bridgehead atoms. The molecule has 0 aliphatic carbocycles. The predicted octanol–water partition coefficient (Wildman–Crippen LogP) is 19.9. The van der Waals surface area contributed by atoms with E-state index in [4.69, 9.17) is 23.7 Å². The molecule has 0 saturated heterocycles. The van der Waals surface area contributed by atoms with Gasteiger partial charge in [0.1, 0.15) is 5.75 Å². The number of hydrogen-bond donors (Lipinski definition) is 0. The first kappa shape index (κ1) is 61.6. The molecule has 0 spiro atoms. The zero-order chi connectivity index (χ0) is 47.6. The number of carbonyl (C=O) groups excluding carboxylic acids is 1. The molecule has 66 heavy (non-hydrogen) atoms. The van der Waals surface area contributed by atoms with Gasteiger partial charge in [-0.05, 0) is 38.2 Å². The molecule has 0 aromatic heterocycles. The number of unbranched alkanes of at least 4 members (excludes halogenated alkanes) is 36. The van der Waals surface area contributed by atoms with E-state index in [2.05, 4.69) is 27.7 Å². The third-order valence-corrected chi connectivity index (χ3v) is 13.0. The first-order valence-electron chi connectivity index (χ1n) is 29.2. The Bertz CT molecular complexity index is 1210. The van der Waals surface area contributed by atoms with Gasteiger partial charge in [0.2, 0.25) is 5.75 Å². The average molecular weight is 928 g/mol. The van der Waals surface area contributed by atoms with Gasteiger partial charge >= 0.3 is 5.97 Å². The zero-order valence-electron chi connectivity index (χ0n) is 44.7. The summed E-state index contributed by atoms with van der Waals surface area (Å²) in [6.07, 6.45) is 55.1. The molecule has 0 aliphatic rings. The molecule has 0 atom stereocenters. The van der Waals surface area contributed by atoms with E-state index < -0.39 is 0 Å². The maximum atomic E-state index is 12.9. The van der Waals surface area contributed by atoms with Gasteiger partial charge < -0.3 is 23.7 Å². The van der Waals surface area contributed by atoms with Gasteiger partial charge in [0, 0.05) is 12.1 Å². The van der Waals surface area contributed by atoms with E-state index in [1.165, 1.54) is 212 Å². The Morgan fingerprint density at radius 1 is 0.333 bits per heavy atom. The van der Waals surface area contributed by atoms with Crippen molar-refractivity contribution >= 4 is 12.0 Å². The average Bonchev–Trinajstić information content (AvgIpc) is 3.32. The van der Waals surface area contributed by atoms with E-state index >= 15 is 0 Å². The molecule has 1 rings (SSSR count). The monoisotopic (exact) mass is 927 g/mol. The number of esters is 1. The van der Waals surface area contributed by atoms with E-state index in [9.17, 15) is 4.79 Å². The molecular formula is C60H110O6. The van der Waals surface area contributed by atoms with Crippen molar-refractivity contribution in [1.82, 2.24) is 0 Å². The third kappa shape index (κ3) is 36.6. The van der Waals surface area contributed by atoms with E-state index in [0.717, 1.165) is 63.4 Å². The van der Waals surface area contributed by atoms with Crippen molar-refractivity contribution in [2.45, 2.75) is 298 Å². The molecule has 0 amide bonds. The van der Waals surface area contributed by atoms with Gasteiger partial charge in [0.15, 0.2) is 11.5 Å². The Morgan fingerprint density at radius 3 is 0.955 bits per heavy atom. The molecule has 0 heterocycles. The van der Waals surface area contributed by atoms with E-state index in [0.29, 0.717) is 56.0 Å². The summed E-state index contributed by atoms with van der Waals surface area (Å²) >= 11 is 0. The van der Waals surface area contributed by atoms with E-state index in [1.54, 1.807) is 0 Å². The summed E-state index contributed by atoms with van der Waals surface area (Å²) in [6, 6.07) is 2.02. The van der Waals surface area contributed by atoms with Crippen molar-refractivity contribution in [3.8, 4) is 23.0 Å². The van der Waals surface area contributed by atoms with Crippen LogP contribution in [0.4, 0.5) is 0 Å². The summed E-state index contributed by atoms with van der Waals surface area (Å²) in [5.41, 5.74) is 0.743. The lowest BCUT2D eigenvalue weighted by Gasteiger charge is -2.22. The molecule has 0 radical (unpaired) electrons. The maximum Gasteiger partial charge on any atom is 0.330 e. The molecule has 6 heteroatoms. The Kier molecular flexibility index (Phi) is 45.8. The Morgan fingerprint density at radius 2 is 0.621 bits per heavy atom. The van der Waals surface area contributed by atoms with Crippen LogP contribution in [0, 0.1) is 0 Å². The lowest BCUT2D eigenvalue weighted by Crippen LogP contribution is -2.09. The number of carbonyl (C=O) groups is 1. The van der Waals surface area contributed by atoms with Crippen molar-refractivity contribution in [2.75, 3.05) is 33.0 Å². The molecule has 1 aromatic carbocycles. The van der Waals surface area contributed by atoms with Crippen molar-refractivity contribution in [2.24, 2.45) is 0 Å². The predicted molar refractivity (Wildman–Crippen MR) is 286 cm³/mol. The number of rotatable bonds is 52. The van der Waals surface area contributed by atoms with Gasteiger partial charge in [0.25, 0.3) is 0 Å². The largest absolute Gasteiger partial charge is 0.493 e. The maximum absolute atomic E-state index is 12.9. The SMILES string of the molecule is CCCCCCCCCCCCOc1cc(OCCCCCCCCCCCC)c(OCCCCCCCCCCCC)c(OCCCCCCCCCCCC)c1C=CC(=O)OCCC. The Hall–Kier alpha value is -2.37. The lowest BCUT2D eigenvalue weighted by molar-refractivity contribution is -0.137. The summed E-state index contributed by atoms with van der Waals surface area (Å²) < 4.78 is 32.4. The zero-order valence-corrected chi connectivity index (χ0v) is 44.7. The summed E-state index contributed by atoms with van der Waals surface area (Å²) in [4.78, 5) is 12.9. The normalized spacial score (nSPS) is 11.5. The van der Waals surface area contributed by atoms with Crippen LogP contribution in [0.3, 0.4) is 0 Å². The van der Waals surface area contributed by atoms with Crippen molar-refractivity contribution in [1.29, 1.82) is 0 Å². The highest BCUT2D eigenvalue weighted by Gasteiger charge is 2.23. The topological polar surface area (TPSA) is 63.2 Å². The van der Waals surface area contributed by atoms with Crippen LogP contribution in [0.5, 0.6) is 23.0 Å². The third-order valence-electron chi connectivity index (χ3n) is 13.0. The second kappa shape index (κ2) is 49.1. The number of hydrogen-bond acceptors (Lipinski definition) is 6. The first-order chi connectivity index (χ1) is 32.6. The molecule has 0 unspecified atom stereocenters. The minimum Gasteiger partial charge on any atom is -0.493 e. The lowest BCUT2D eigenvalue weighted by atomic mass is 10.1. The summed E-state index contributed by atoms with van der Waals surface area (Å²) in [5.74, 6) is 2.31. The smallest absolute Gasteiger partial charge is 0.330 e. The van der Waals surface area contributed by atoms with Crippen molar-refractivity contribution < 1.29 is 28.5 Å². The minimum absolute atomic E-state index is 0.354. The highest BCUT2D eigenvalue weighted by molar-refractivity contribution is 5.89. The molecule has 386 valence electrons. The molecule has 1 aromatic rings. The summed E-state index contributed by atoms with van der Waals surface area (Å²) in [5, 5.41) is 0. The van der Waals surface area contributed by atoms with Crippen molar-refractivity contribution in [3.05, 3.63) is 17.7 Å². The van der Waals surface area contributed by atoms with Gasteiger partial charge in [-0.25, -0.2) is 4.79 Å². The highest BCUT2D eigenvalue weighted by Crippen LogP contribution is 2.47. The number of benzene rings is 1. The van der Waals surface area contributed by atoms with E-state index in [1.807, 2.05) is 19.1 Å². The molecule has 0 aliphatic heterocycles. The van der Waals surface area contributed by atoms with Crippen LogP contribution in [0.25, 0.3) is 6.08 Å². The summed E-state index contributed by atoms with van der Waals surface area (Å²) in [6.45, 7) is 14.0. The molecule has 0 saturated carbocycles. The van der Waals surface area contributed by atoms with E-state index in [-0.39, 0.29) is 5.97 Å². The fourth-order valence-corrected chi connectivity index (χ4v) is 8.75. The second-order valence-electron chi connectivity index (χ2n) is 19.6. The molecule has 0 N–H and O–H groups in total. The van der Waals surface area contributed by atoms with Crippen LogP contribution in [-0.2, 0) is 9.53 Å².